The molecule has 2 amide bonds. The Bertz CT molecular complexity index is 1410. The van der Waals surface area contributed by atoms with E-state index < -0.39 is 0 Å². The van der Waals surface area contributed by atoms with Crippen LogP contribution in [0.2, 0.25) is 0 Å². The Balaban J connectivity index is 1.50. The van der Waals surface area contributed by atoms with Crippen LogP contribution in [0.4, 0.5) is 15.6 Å². The Morgan fingerprint density at radius 1 is 1.09 bits per heavy atom. The molecule has 0 spiro atoms. The van der Waals surface area contributed by atoms with Crippen molar-refractivity contribution < 1.29 is 14.3 Å². The summed E-state index contributed by atoms with van der Waals surface area (Å²) in [7, 11) is 1.62. The van der Waals surface area contributed by atoms with Crippen molar-refractivity contribution in [2.45, 2.75) is 26.7 Å². The lowest BCUT2D eigenvalue weighted by Crippen LogP contribution is -2.38. The number of methoxy groups -OCH3 is 1. The quantitative estimate of drug-likeness (QED) is 0.316. The van der Waals surface area contributed by atoms with Gasteiger partial charge in [0, 0.05) is 30.1 Å². The second-order valence-electron chi connectivity index (χ2n) is 8.30. The highest BCUT2D eigenvalue weighted by Gasteiger charge is 2.25. The smallest absolute Gasteiger partial charge is 0.328 e. The number of benzene rings is 2. The second-order valence-corrected chi connectivity index (χ2v) is 10.2. The highest BCUT2D eigenvalue weighted by molar-refractivity contribution is 7.18. The molecule has 0 radical (unpaired) electrons. The van der Waals surface area contributed by atoms with Crippen molar-refractivity contribution in [3.05, 3.63) is 64.8 Å². The van der Waals surface area contributed by atoms with Crippen LogP contribution in [-0.4, -0.2) is 35.4 Å². The molecule has 0 saturated heterocycles. The Labute approximate surface area is 211 Å². The summed E-state index contributed by atoms with van der Waals surface area (Å²) in [4.78, 5) is 37.1. The van der Waals surface area contributed by atoms with Crippen LogP contribution >= 0.6 is 22.7 Å². The zero-order valence-electron chi connectivity index (χ0n) is 19.6. The Morgan fingerprint density at radius 3 is 2.54 bits per heavy atom. The normalized spacial score (nSPS) is 12.8. The number of nitrogens with one attached hydrogen (secondary N) is 1. The number of hydrogen-bond acceptors (Lipinski definition) is 7. The summed E-state index contributed by atoms with van der Waals surface area (Å²) in [6.45, 7) is 4.06. The molecule has 1 N–H and O–H groups in total. The first-order valence-corrected chi connectivity index (χ1v) is 12.9. The molecule has 2 aromatic carbocycles. The molecule has 1 aliphatic rings. The molecule has 7 nitrogen and oxygen atoms in total. The molecular weight excluding hydrogens is 480 g/mol. The minimum atomic E-state index is -0.195. The van der Waals surface area contributed by atoms with Gasteiger partial charge in [0.05, 0.1) is 17.7 Å². The van der Waals surface area contributed by atoms with Crippen molar-refractivity contribution >= 4 is 45.3 Å². The number of rotatable bonds is 5. The van der Waals surface area contributed by atoms with Gasteiger partial charge in [-0.3, -0.25) is 15.0 Å². The van der Waals surface area contributed by atoms with Crippen LogP contribution < -0.4 is 15.0 Å². The number of anilines is 2. The molecule has 1 aliphatic heterocycles. The summed E-state index contributed by atoms with van der Waals surface area (Å²) >= 11 is 2.89. The van der Waals surface area contributed by atoms with Crippen molar-refractivity contribution in [3.63, 3.8) is 0 Å². The standard InChI is InChI=1S/C26H24N4O3S2/c1-15-14-34-25(27-15)29-26(32)30-12-4-5-17-6-7-19(13-21(17)30)24-28-22(16(2)31)23(35-24)18-8-10-20(33-3)11-9-18/h6-11,13-14H,4-5,12H2,1-3H3,(H,27,29,32). The van der Waals surface area contributed by atoms with Gasteiger partial charge in [0.15, 0.2) is 10.9 Å². The highest BCUT2D eigenvalue weighted by Crippen LogP contribution is 2.39. The molecule has 4 aromatic rings. The number of carbonyl (C=O) groups excluding carboxylic acids is 2. The molecule has 2 aromatic heterocycles. The van der Waals surface area contributed by atoms with E-state index in [9.17, 15) is 9.59 Å². The number of urea groups is 1. The summed E-state index contributed by atoms with van der Waals surface area (Å²) in [6.07, 6.45) is 1.80. The van der Waals surface area contributed by atoms with Crippen molar-refractivity contribution in [1.82, 2.24) is 9.97 Å². The van der Waals surface area contributed by atoms with Gasteiger partial charge in [-0.1, -0.05) is 12.1 Å². The van der Waals surface area contributed by atoms with Crippen molar-refractivity contribution in [2.24, 2.45) is 0 Å². The van der Waals surface area contributed by atoms with Crippen LogP contribution in [0, 0.1) is 6.92 Å². The topological polar surface area (TPSA) is 84.4 Å². The van der Waals surface area contributed by atoms with Gasteiger partial charge in [-0.05, 0) is 61.2 Å². The van der Waals surface area contributed by atoms with Gasteiger partial charge in [0.25, 0.3) is 0 Å². The molecule has 9 heteroatoms. The molecule has 5 rings (SSSR count). The lowest BCUT2D eigenvalue weighted by atomic mass is 10.00. The van der Waals surface area contributed by atoms with E-state index in [1.807, 2.05) is 48.7 Å². The number of carbonyl (C=O) groups is 2. The first-order chi connectivity index (χ1) is 16.9. The molecule has 0 aliphatic carbocycles. The van der Waals surface area contributed by atoms with Crippen molar-refractivity contribution in [3.8, 4) is 26.8 Å². The summed E-state index contributed by atoms with van der Waals surface area (Å²) in [6, 6.07) is 13.5. The maximum atomic E-state index is 13.1. The van der Waals surface area contributed by atoms with Crippen LogP contribution in [0.3, 0.4) is 0 Å². The fraction of sp³-hybridized carbons (Fsp3) is 0.231. The number of hydrogen-bond donors (Lipinski definition) is 1. The number of aryl methyl sites for hydroxylation is 2. The Hall–Kier alpha value is -3.56. The minimum Gasteiger partial charge on any atom is -0.497 e. The minimum absolute atomic E-state index is 0.0870. The molecule has 178 valence electrons. The molecule has 35 heavy (non-hydrogen) atoms. The summed E-state index contributed by atoms with van der Waals surface area (Å²) in [5, 5.41) is 6.16. The molecule has 3 heterocycles. The molecule has 0 bridgehead atoms. The number of fused-ring (bicyclic) bond motifs is 1. The van der Waals surface area contributed by atoms with Crippen LogP contribution in [0.1, 0.15) is 35.1 Å². The van der Waals surface area contributed by atoms with Crippen LogP contribution in [0.15, 0.2) is 47.8 Å². The van der Waals surface area contributed by atoms with E-state index in [1.165, 1.54) is 29.6 Å². The maximum Gasteiger partial charge on any atom is 0.328 e. The third-order valence-corrected chi connectivity index (χ3v) is 7.87. The predicted octanol–water partition coefficient (Wildman–Crippen LogP) is 6.44. The number of thiazole rings is 2. The van der Waals surface area contributed by atoms with Crippen LogP contribution in [0.5, 0.6) is 5.75 Å². The van der Waals surface area contributed by atoms with E-state index in [-0.39, 0.29) is 11.8 Å². The SMILES string of the molecule is COc1ccc(-c2sc(-c3ccc4c(c3)N(C(=O)Nc3nc(C)cs3)CCC4)nc2C(C)=O)cc1. The molecule has 0 atom stereocenters. The monoisotopic (exact) mass is 504 g/mol. The van der Waals surface area contributed by atoms with Gasteiger partial charge >= 0.3 is 6.03 Å². The van der Waals surface area contributed by atoms with Gasteiger partial charge in [-0.15, -0.1) is 22.7 Å². The van der Waals surface area contributed by atoms with Crippen molar-refractivity contribution in [2.75, 3.05) is 23.9 Å². The maximum absolute atomic E-state index is 13.1. The average Bonchev–Trinajstić information content (AvgIpc) is 3.50. The predicted molar refractivity (Wildman–Crippen MR) is 141 cm³/mol. The lowest BCUT2D eigenvalue weighted by Gasteiger charge is -2.29. The summed E-state index contributed by atoms with van der Waals surface area (Å²) in [5.74, 6) is 0.667. The third kappa shape index (κ3) is 4.69. The molecule has 0 fully saturated rings. The summed E-state index contributed by atoms with van der Waals surface area (Å²) < 4.78 is 5.26. The Morgan fingerprint density at radius 2 is 1.86 bits per heavy atom. The van der Waals surface area contributed by atoms with E-state index in [1.54, 1.807) is 12.0 Å². The lowest BCUT2D eigenvalue weighted by molar-refractivity contribution is 0.101. The second kappa shape index (κ2) is 9.59. The van der Waals surface area contributed by atoms with E-state index in [4.69, 9.17) is 9.72 Å². The van der Waals surface area contributed by atoms with Gasteiger partial charge in [0.1, 0.15) is 16.5 Å². The van der Waals surface area contributed by atoms with Crippen LogP contribution in [-0.2, 0) is 6.42 Å². The largest absolute Gasteiger partial charge is 0.497 e. The third-order valence-electron chi connectivity index (χ3n) is 5.84. The van der Waals surface area contributed by atoms with Gasteiger partial charge in [-0.2, -0.15) is 0 Å². The fourth-order valence-electron chi connectivity index (χ4n) is 4.11. The van der Waals surface area contributed by atoms with E-state index in [0.29, 0.717) is 17.4 Å². The van der Waals surface area contributed by atoms with Gasteiger partial charge in [0.2, 0.25) is 0 Å². The van der Waals surface area contributed by atoms with Crippen LogP contribution in [0.25, 0.3) is 21.0 Å². The summed E-state index contributed by atoms with van der Waals surface area (Å²) in [5.41, 5.74) is 5.10. The number of Topliss-reactive ketones (excluding diaryl/α,β-unsaturated/α-hetero) is 1. The van der Waals surface area contributed by atoms with Gasteiger partial charge < -0.3 is 4.74 Å². The van der Waals surface area contributed by atoms with E-state index >= 15 is 0 Å². The van der Waals surface area contributed by atoms with E-state index in [0.717, 1.165) is 56.5 Å². The first-order valence-electron chi connectivity index (χ1n) is 11.2. The Kier molecular flexibility index (Phi) is 6.36. The molecular formula is C26H24N4O3S2. The number of ketones is 1. The zero-order chi connectivity index (χ0) is 24.5. The number of ether oxygens (including phenoxy) is 1. The number of aromatic nitrogens is 2. The van der Waals surface area contributed by atoms with Crippen molar-refractivity contribution in [1.29, 1.82) is 0 Å². The zero-order valence-corrected chi connectivity index (χ0v) is 21.3. The molecule has 0 saturated carbocycles. The highest BCUT2D eigenvalue weighted by atomic mass is 32.1. The number of nitrogens with zero attached hydrogens (tertiary/aromatic N) is 3. The average molecular weight is 505 g/mol. The van der Waals surface area contributed by atoms with E-state index in [2.05, 4.69) is 16.4 Å². The van der Waals surface area contributed by atoms with Gasteiger partial charge in [-0.25, -0.2) is 14.8 Å². The fourth-order valence-corrected chi connectivity index (χ4v) is 5.90. The first kappa shape index (κ1) is 23.2. The number of amides is 2. The molecule has 0 unspecified atom stereocenters.